The molecule has 0 amide bonds. The van der Waals surface area contributed by atoms with Crippen molar-refractivity contribution in [1.29, 1.82) is 0 Å². The first kappa shape index (κ1) is 14.2. The van der Waals surface area contributed by atoms with Crippen molar-refractivity contribution in [3.05, 3.63) is 68.7 Å². The fourth-order valence-corrected chi connectivity index (χ4v) is 1.99. The lowest BCUT2D eigenvalue weighted by atomic mass is 10.1. The molecular formula is C14H12BrN3O2. The summed E-state index contributed by atoms with van der Waals surface area (Å²) in [5, 5.41) is 14.8. The Morgan fingerprint density at radius 1 is 1.25 bits per heavy atom. The normalized spacial score (nSPS) is 11.2. The van der Waals surface area contributed by atoms with Gasteiger partial charge in [-0.1, -0.05) is 22.0 Å². The molecule has 0 aliphatic rings. The predicted molar refractivity (Wildman–Crippen MR) is 83.1 cm³/mol. The first-order valence-electron chi connectivity index (χ1n) is 5.87. The molecule has 0 bridgehead atoms. The van der Waals surface area contributed by atoms with Crippen LogP contribution in [0.4, 0.5) is 11.4 Å². The van der Waals surface area contributed by atoms with Gasteiger partial charge < -0.3 is 0 Å². The molecule has 2 aromatic carbocycles. The van der Waals surface area contributed by atoms with Crippen LogP contribution in [-0.2, 0) is 0 Å². The van der Waals surface area contributed by atoms with E-state index in [4.69, 9.17) is 0 Å². The second-order valence-electron chi connectivity index (χ2n) is 4.12. The molecule has 0 aromatic heterocycles. The van der Waals surface area contributed by atoms with Gasteiger partial charge in [0.1, 0.15) is 0 Å². The molecule has 2 rings (SSSR count). The molecule has 0 radical (unpaired) electrons. The Morgan fingerprint density at radius 3 is 2.55 bits per heavy atom. The van der Waals surface area contributed by atoms with E-state index in [0.717, 1.165) is 21.4 Å². The lowest BCUT2D eigenvalue weighted by Gasteiger charge is -2.04. The number of halogens is 1. The highest BCUT2D eigenvalue weighted by Crippen LogP contribution is 2.16. The van der Waals surface area contributed by atoms with Crippen LogP contribution in [0.1, 0.15) is 12.5 Å². The monoisotopic (exact) mass is 333 g/mol. The molecule has 0 unspecified atom stereocenters. The molecule has 0 saturated carbocycles. The number of nitrogens with one attached hydrogen (secondary N) is 1. The third kappa shape index (κ3) is 3.64. The standard InChI is InChI=1S/C14H12BrN3O2/c1-10(11-5-7-14(8-6-11)18(19)20)16-17-13-4-2-3-12(15)9-13/h2-9,17H,1H3. The number of rotatable bonds is 4. The first-order valence-corrected chi connectivity index (χ1v) is 6.66. The summed E-state index contributed by atoms with van der Waals surface area (Å²) >= 11 is 3.38. The molecule has 0 spiro atoms. The SMILES string of the molecule is CC(=NNc1cccc(Br)c1)c1ccc([N+](=O)[O-])cc1. The van der Waals surface area contributed by atoms with Gasteiger partial charge in [0, 0.05) is 16.6 Å². The fourth-order valence-electron chi connectivity index (χ4n) is 1.60. The van der Waals surface area contributed by atoms with Gasteiger partial charge in [0.25, 0.3) is 5.69 Å². The van der Waals surface area contributed by atoms with Crippen LogP contribution in [-0.4, -0.2) is 10.6 Å². The molecule has 0 aliphatic carbocycles. The summed E-state index contributed by atoms with van der Waals surface area (Å²) in [6.07, 6.45) is 0. The van der Waals surface area contributed by atoms with E-state index >= 15 is 0 Å². The minimum Gasteiger partial charge on any atom is -0.278 e. The molecule has 6 heteroatoms. The van der Waals surface area contributed by atoms with Gasteiger partial charge in [-0.15, -0.1) is 0 Å². The van der Waals surface area contributed by atoms with Crippen molar-refractivity contribution in [3.8, 4) is 0 Å². The van der Waals surface area contributed by atoms with E-state index in [1.807, 2.05) is 31.2 Å². The molecule has 0 heterocycles. The van der Waals surface area contributed by atoms with Gasteiger partial charge in [0.05, 0.1) is 16.3 Å². The number of hydrogen-bond donors (Lipinski definition) is 1. The lowest BCUT2D eigenvalue weighted by Crippen LogP contribution is -2.00. The van der Waals surface area contributed by atoms with E-state index in [9.17, 15) is 10.1 Å². The van der Waals surface area contributed by atoms with Crippen LogP contribution >= 0.6 is 15.9 Å². The van der Waals surface area contributed by atoms with Crippen molar-refractivity contribution >= 4 is 33.0 Å². The number of benzene rings is 2. The second kappa shape index (κ2) is 6.29. The lowest BCUT2D eigenvalue weighted by molar-refractivity contribution is -0.384. The Morgan fingerprint density at radius 2 is 1.95 bits per heavy atom. The molecule has 20 heavy (non-hydrogen) atoms. The number of anilines is 1. The van der Waals surface area contributed by atoms with Crippen molar-refractivity contribution in [3.63, 3.8) is 0 Å². The molecule has 1 N–H and O–H groups in total. The van der Waals surface area contributed by atoms with Gasteiger partial charge in [-0.2, -0.15) is 5.10 Å². The summed E-state index contributed by atoms with van der Waals surface area (Å²) in [6, 6.07) is 13.9. The number of nitro groups is 1. The Hall–Kier alpha value is -2.21. The van der Waals surface area contributed by atoms with Crippen LogP contribution in [0.3, 0.4) is 0 Å². The average molecular weight is 334 g/mol. The predicted octanol–water partition coefficient (Wildman–Crippen LogP) is 4.19. The molecule has 0 aliphatic heterocycles. The van der Waals surface area contributed by atoms with Gasteiger partial charge >= 0.3 is 0 Å². The van der Waals surface area contributed by atoms with Crippen molar-refractivity contribution in [2.24, 2.45) is 5.10 Å². The molecule has 0 atom stereocenters. The topological polar surface area (TPSA) is 67.5 Å². The van der Waals surface area contributed by atoms with E-state index in [1.165, 1.54) is 12.1 Å². The number of hydrogen-bond acceptors (Lipinski definition) is 4. The van der Waals surface area contributed by atoms with Gasteiger partial charge in [0.2, 0.25) is 0 Å². The molecular weight excluding hydrogens is 322 g/mol. The van der Waals surface area contributed by atoms with Crippen molar-refractivity contribution in [2.75, 3.05) is 5.43 Å². The second-order valence-corrected chi connectivity index (χ2v) is 5.04. The largest absolute Gasteiger partial charge is 0.278 e. The smallest absolute Gasteiger partial charge is 0.269 e. The summed E-state index contributed by atoms with van der Waals surface area (Å²) in [4.78, 5) is 10.2. The van der Waals surface area contributed by atoms with Crippen molar-refractivity contribution in [1.82, 2.24) is 0 Å². The molecule has 102 valence electrons. The Bertz CT molecular complexity index is 654. The third-order valence-corrected chi connectivity index (χ3v) is 3.17. The quantitative estimate of drug-likeness (QED) is 0.518. The molecule has 5 nitrogen and oxygen atoms in total. The Kier molecular flexibility index (Phi) is 4.47. The zero-order valence-electron chi connectivity index (χ0n) is 10.7. The summed E-state index contributed by atoms with van der Waals surface area (Å²) in [5.74, 6) is 0. The minimum atomic E-state index is -0.421. The molecule has 0 saturated heterocycles. The van der Waals surface area contributed by atoms with Crippen molar-refractivity contribution < 1.29 is 4.92 Å². The molecule has 2 aromatic rings. The van der Waals surface area contributed by atoms with Gasteiger partial charge in [-0.25, -0.2) is 0 Å². The Balaban J connectivity index is 2.12. The average Bonchev–Trinajstić information content (AvgIpc) is 2.45. The highest BCUT2D eigenvalue weighted by Gasteiger charge is 2.05. The Labute approximate surface area is 124 Å². The van der Waals surface area contributed by atoms with E-state index < -0.39 is 4.92 Å². The van der Waals surface area contributed by atoms with Crippen LogP contribution in [0.15, 0.2) is 58.1 Å². The highest BCUT2D eigenvalue weighted by molar-refractivity contribution is 9.10. The number of non-ortho nitro benzene ring substituents is 1. The summed E-state index contributed by atoms with van der Waals surface area (Å²) in [6.45, 7) is 1.84. The van der Waals surface area contributed by atoms with Crippen molar-refractivity contribution in [2.45, 2.75) is 6.92 Å². The fraction of sp³-hybridized carbons (Fsp3) is 0.0714. The van der Waals surface area contributed by atoms with Crippen LogP contribution < -0.4 is 5.43 Å². The summed E-state index contributed by atoms with van der Waals surface area (Å²) in [5.41, 5.74) is 5.46. The van der Waals surface area contributed by atoms with Gasteiger partial charge in [-0.3, -0.25) is 15.5 Å². The summed E-state index contributed by atoms with van der Waals surface area (Å²) < 4.78 is 0.964. The third-order valence-electron chi connectivity index (χ3n) is 2.67. The summed E-state index contributed by atoms with van der Waals surface area (Å²) in [7, 11) is 0. The van der Waals surface area contributed by atoms with E-state index in [1.54, 1.807) is 12.1 Å². The first-order chi connectivity index (χ1) is 9.56. The minimum absolute atomic E-state index is 0.0708. The number of hydrazone groups is 1. The van der Waals surface area contributed by atoms with E-state index in [2.05, 4.69) is 26.5 Å². The van der Waals surface area contributed by atoms with Gasteiger partial charge in [-0.05, 0) is 42.8 Å². The maximum absolute atomic E-state index is 10.6. The maximum Gasteiger partial charge on any atom is 0.269 e. The van der Waals surface area contributed by atoms with Crippen LogP contribution in [0, 0.1) is 10.1 Å². The van der Waals surface area contributed by atoms with Gasteiger partial charge in [0.15, 0.2) is 0 Å². The van der Waals surface area contributed by atoms with E-state index in [0.29, 0.717) is 0 Å². The van der Waals surface area contributed by atoms with Crippen LogP contribution in [0.5, 0.6) is 0 Å². The maximum atomic E-state index is 10.6. The highest BCUT2D eigenvalue weighted by atomic mass is 79.9. The number of nitrogens with zero attached hydrogens (tertiary/aromatic N) is 2. The number of nitro benzene ring substituents is 1. The van der Waals surface area contributed by atoms with Crippen LogP contribution in [0.2, 0.25) is 0 Å². The zero-order valence-corrected chi connectivity index (χ0v) is 12.3. The molecule has 0 fully saturated rings. The zero-order chi connectivity index (χ0) is 14.5. The van der Waals surface area contributed by atoms with E-state index in [-0.39, 0.29) is 5.69 Å². The van der Waals surface area contributed by atoms with Crippen LogP contribution in [0.25, 0.3) is 0 Å².